The minimum Gasteiger partial charge on any atom is -0.378 e. The lowest BCUT2D eigenvalue weighted by atomic mass is 10.2. The van der Waals surface area contributed by atoms with E-state index in [2.05, 4.69) is 35.8 Å². The van der Waals surface area contributed by atoms with Gasteiger partial charge in [0, 0.05) is 30.7 Å². The van der Waals surface area contributed by atoms with Gasteiger partial charge in [-0.2, -0.15) is 0 Å². The third kappa shape index (κ3) is 4.70. The quantitative estimate of drug-likeness (QED) is 0.443. The van der Waals surface area contributed by atoms with Gasteiger partial charge < -0.3 is 15.2 Å². The van der Waals surface area contributed by atoms with Crippen molar-refractivity contribution >= 4 is 23.2 Å². The number of hydrogen-bond acceptors (Lipinski definition) is 7. The van der Waals surface area contributed by atoms with Crippen LogP contribution in [0.4, 0.5) is 10.1 Å². The lowest BCUT2D eigenvalue weighted by molar-refractivity contribution is 0.0950. The third-order valence-electron chi connectivity index (χ3n) is 4.68. The van der Waals surface area contributed by atoms with Crippen LogP contribution in [0.3, 0.4) is 0 Å². The van der Waals surface area contributed by atoms with Gasteiger partial charge in [0.25, 0.3) is 5.91 Å². The van der Waals surface area contributed by atoms with E-state index in [1.54, 1.807) is 30.5 Å². The van der Waals surface area contributed by atoms with Gasteiger partial charge in [-0.05, 0) is 30.3 Å². The predicted molar refractivity (Wildman–Crippen MR) is 116 cm³/mol. The minimum absolute atomic E-state index is 0.0397. The molecule has 0 bridgehead atoms. The van der Waals surface area contributed by atoms with Crippen LogP contribution in [0, 0.1) is 5.82 Å². The van der Waals surface area contributed by atoms with Gasteiger partial charge in [0.1, 0.15) is 12.0 Å². The number of carbonyl (C=O) groups excluding carboxylic acids is 1. The van der Waals surface area contributed by atoms with Crippen LogP contribution in [0.2, 0.25) is 5.02 Å². The van der Waals surface area contributed by atoms with E-state index in [0.29, 0.717) is 29.5 Å². The Morgan fingerprint density at radius 3 is 2.81 bits per heavy atom. The highest BCUT2D eigenvalue weighted by molar-refractivity contribution is 6.30. The molecule has 0 radical (unpaired) electrons. The van der Waals surface area contributed by atoms with Crippen LogP contribution in [0.1, 0.15) is 21.9 Å². The SMILES string of the molecule is Cn1c(CNc2cccc(C(=O)NCc3nccc(Cl)c3F)c2)nnc1-c1ccncn1. The van der Waals surface area contributed by atoms with E-state index in [-0.39, 0.29) is 23.2 Å². The molecule has 4 rings (SSSR count). The molecule has 2 N–H and O–H groups in total. The van der Waals surface area contributed by atoms with Crippen molar-refractivity contribution < 1.29 is 9.18 Å². The second-order valence-electron chi connectivity index (χ2n) is 6.76. The van der Waals surface area contributed by atoms with E-state index in [1.807, 2.05) is 17.7 Å². The van der Waals surface area contributed by atoms with Crippen molar-refractivity contribution in [2.24, 2.45) is 7.05 Å². The molecule has 0 fully saturated rings. The fourth-order valence-electron chi connectivity index (χ4n) is 2.96. The molecule has 11 heteroatoms. The predicted octanol–water partition coefficient (Wildman–Crippen LogP) is 3.00. The molecule has 9 nitrogen and oxygen atoms in total. The molecule has 32 heavy (non-hydrogen) atoms. The maximum absolute atomic E-state index is 13.9. The molecule has 1 aromatic carbocycles. The number of halogens is 2. The lowest BCUT2D eigenvalue weighted by Crippen LogP contribution is -2.24. The van der Waals surface area contributed by atoms with Crippen molar-refractivity contribution in [1.29, 1.82) is 0 Å². The number of hydrogen-bond donors (Lipinski definition) is 2. The number of amides is 1. The smallest absolute Gasteiger partial charge is 0.251 e. The molecule has 0 spiro atoms. The molecule has 0 saturated carbocycles. The molecule has 0 atom stereocenters. The highest BCUT2D eigenvalue weighted by Gasteiger charge is 2.13. The van der Waals surface area contributed by atoms with Crippen LogP contribution >= 0.6 is 11.6 Å². The van der Waals surface area contributed by atoms with E-state index in [1.165, 1.54) is 18.6 Å². The molecule has 1 amide bonds. The Bertz CT molecular complexity index is 1250. The van der Waals surface area contributed by atoms with Crippen LogP contribution < -0.4 is 10.6 Å². The summed E-state index contributed by atoms with van der Waals surface area (Å²) in [6, 6.07) is 10.0. The number of aromatic nitrogens is 6. The largest absolute Gasteiger partial charge is 0.378 e. The first kappa shape index (κ1) is 21.3. The van der Waals surface area contributed by atoms with Crippen molar-refractivity contribution in [2.45, 2.75) is 13.1 Å². The van der Waals surface area contributed by atoms with Crippen molar-refractivity contribution in [3.05, 3.63) is 83.0 Å². The van der Waals surface area contributed by atoms with Crippen LogP contribution in [0.25, 0.3) is 11.5 Å². The molecule has 0 saturated heterocycles. The summed E-state index contributed by atoms with van der Waals surface area (Å²) in [5.41, 5.74) is 1.88. The Morgan fingerprint density at radius 2 is 2.00 bits per heavy atom. The third-order valence-corrected chi connectivity index (χ3v) is 4.97. The molecule has 0 aliphatic carbocycles. The summed E-state index contributed by atoms with van der Waals surface area (Å²) in [4.78, 5) is 24.5. The Kier molecular flexibility index (Phi) is 6.31. The molecular weight excluding hydrogens is 435 g/mol. The van der Waals surface area contributed by atoms with Crippen molar-refractivity contribution in [3.63, 3.8) is 0 Å². The Morgan fingerprint density at radius 1 is 1.12 bits per heavy atom. The second kappa shape index (κ2) is 9.48. The molecular formula is C21H18ClFN8O. The zero-order valence-corrected chi connectivity index (χ0v) is 17.7. The molecule has 162 valence electrons. The summed E-state index contributed by atoms with van der Waals surface area (Å²) in [6.07, 6.45) is 4.48. The summed E-state index contributed by atoms with van der Waals surface area (Å²) < 4.78 is 15.8. The van der Waals surface area contributed by atoms with Crippen LogP contribution in [0.15, 0.2) is 55.1 Å². The molecule has 3 aromatic heterocycles. The van der Waals surface area contributed by atoms with Crippen molar-refractivity contribution in [2.75, 3.05) is 5.32 Å². The van der Waals surface area contributed by atoms with E-state index in [0.717, 1.165) is 5.69 Å². The first-order valence-corrected chi connectivity index (χ1v) is 9.96. The Hall–Kier alpha value is -3.92. The number of pyridine rings is 1. The fourth-order valence-corrected chi connectivity index (χ4v) is 3.13. The number of benzene rings is 1. The number of anilines is 1. The van der Waals surface area contributed by atoms with Gasteiger partial charge in [-0.15, -0.1) is 10.2 Å². The normalized spacial score (nSPS) is 10.7. The van der Waals surface area contributed by atoms with Gasteiger partial charge in [-0.25, -0.2) is 14.4 Å². The maximum atomic E-state index is 13.9. The highest BCUT2D eigenvalue weighted by atomic mass is 35.5. The van der Waals surface area contributed by atoms with Crippen LogP contribution in [0.5, 0.6) is 0 Å². The minimum atomic E-state index is -0.644. The summed E-state index contributed by atoms with van der Waals surface area (Å²) in [7, 11) is 1.85. The van der Waals surface area contributed by atoms with E-state index >= 15 is 0 Å². The molecule has 3 heterocycles. The lowest BCUT2D eigenvalue weighted by Gasteiger charge is -2.10. The van der Waals surface area contributed by atoms with Crippen LogP contribution in [-0.2, 0) is 20.1 Å². The number of nitrogens with zero attached hydrogens (tertiary/aromatic N) is 6. The summed E-state index contributed by atoms with van der Waals surface area (Å²) in [5, 5.41) is 14.2. The summed E-state index contributed by atoms with van der Waals surface area (Å²) in [6.45, 7) is 0.310. The van der Waals surface area contributed by atoms with Crippen LogP contribution in [-0.4, -0.2) is 35.6 Å². The number of rotatable bonds is 7. The monoisotopic (exact) mass is 452 g/mol. The van der Waals surface area contributed by atoms with Gasteiger partial charge in [-0.3, -0.25) is 9.78 Å². The van der Waals surface area contributed by atoms with Gasteiger partial charge in [-0.1, -0.05) is 17.7 Å². The molecule has 0 aliphatic heterocycles. The average Bonchev–Trinajstić information content (AvgIpc) is 3.19. The van der Waals surface area contributed by atoms with Gasteiger partial charge in [0.15, 0.2) is 17.5 Å². The van der Waals surface area contributed by atoms with E-state index in [9.17, 15) is 9.18 Å². The molecule has 4 aromatic rings. The second-order valence-corrected chi connectivity index (χ2v) is 7.17. The van der Waals surface area contributed by atoms with Crippen molar-refractivity contribution in [1.82, 2.24) is 35.0 Å². The summed E-state index contributed by atoms with van der Waals surface area (Å²) in [5.74, 6) is 0.310. The van der Waals surface area contributed by atoms with E-state index < -0.39 is 5.82 Å². The van der Waals surface area contributed by atoms with Gasteiger partial charge in [0.05, 0.1) is 23.8 Å². The van der Waals surface area contributed by atoms with E-state index in [4.69, 9.17) is 11.6 Å². The maximum Gasteiger partial charge on any atom is 0.251 e. The van der Waals surface area contributed by atoms with Gasteiger partial charge >= 0.3 is 0 Å². The van der Waals surface area contributed by atoms with Crippen molar-refractivity contribution in [3.8, 4) is 11.5 Å². The molecule has 0 aliphatic rings. The highest BCUT2D eigenvalue weighted by Crippen LogP contribution is 2.17. The van der Waals surface area contributed by atoms with Gasteiger partial charge in [0.2, 0.25) is 0 Å². The first-order chi connectivity index (χ1) is 15.5. The number of nitrogens with one attached hydrogen (secondary N) is 2. The first-order valence-electron chi connectivity index (χ1n) is 9.58. The number of carbonyl (C=O) groups is 1. The fraction of sp³-hybridized carbons (Fsp3) is 0.143. The zero-order chi connectivity index (χ0) is 22.5. The molecule has 0 unspecified atom stereocenters. The topological polar surface area (TPSA) is 111 Å². The standard InChI is InChI=1S/C21H18ClFN8O/c1-31-18(29-30-20(31)16-6-7-24-12-28-16)11-26-14-4-2-3-13(9-14)21(32)27-10-17-19(23)15(22)5-8-25-17/h2-9,12,26H,10-11H2,1H3,(H,27,32). The summed E-state index contributed by atoms with van der Waals surface area (Å²) >= 11 is 5.75. The Labute approximate surface area is 187 Å². The average molecular weight is 453 g/mol. The zero-order valence-electron chi connectivity index (χ0n) is 17.0. The Balaban J connectivity index is 1.40.